The van der Waals surface area contributed by atoms with Crippen molar-refractivity contribution >= 4 is 0 Å². The van der Waals surface area contributed by atoms with E-state index in [1.54, 1.807) is 0 Å². The highest BCUT2D eigenvalue weighted by Crippen LogP contribution is 2.44. The number of rotatable bonds is 0. The second-order valence-corrected chi connectivity index (χ2v) is 6.76. The number of aryl methyl sites for hydroxylation is 2. The first-order valence-corrected chi connectivity index (χ1v) is 9.05. The lowest BCUT2D eigenvalue weighted by molar-refractivity contribution is 0.493. The molecule has 0 bridgehead atoms. The molecule has 2 aromatic heterocycles. The maximum Gasteiger partial charge on any atom is 0.177 e. The summed E-state index contributed by atoms with van der Waals surface area (Å²) >= 11 is 0. The molecule has 2 nitrogen and oxygen atoms in total. The molecule has 0 radical (unpaired) electrons. The molecule has 0 fully saturated rings. The number of hydrogen-bond donors (Lipinski definition) is 0. The molecule has 3 aromatic rings. The van der Waals surface area contributed by atoms with E-state index < -0.39 is 0 Å². The summed E-state index contributed by atoms with van der Waals surface area (Å²) in [7, 11) is 0. The van der Waals surface area contributed by atoms with Crippen LogP contribution in [0.25, 0.3) is 22.3 Å². The van der Waals surface area contributed by atoms with E-state index >= 15 is 0 Å². The first-order chi connectivity index (χ1) is 12.8. The fraction of sp³-hybridized carbons (Fsp3) is 0.250. The van der Waals surface area contributed by atoms with Crippen LogP contribution in [-0.2, 0) is 25.7 Å². The Bertz CT molecular complexity index is 1070. The van der Waals surface area contributed by atoms with Crippen molar-refractivity contribution in [2.45, 2.75) is 39.5 Å². The minimum Gasteiger partial charge on any atom is -0.452 e. The van der Waals surface area contributed by atoms with Gasteiger partial charge in [-0.25, -0.2) is 0 Å². The van der Waals surface area contributed by atoms with E-state index in [0.29, 0.717) is 0 Å². The highest BCUT2D eigenvalue weighted by molar-refractivity contribution is 5.82. The third kappa shape index (κ3) is 2.16. The van der Waals surface area contributed by atoms with Gasteiger partial charge in [0, 0.05) is 36.1 Å². The summed E-state index contributed by atoms with van der Waals surface area (Å²) in [5.74, 6) is 15.6. The second kappa shape index (κ2) is 5.72. The molecule has 0 saturated carbocycles. The lowest BCUT2D eigenvalue weighted by Crippen LogP contribution is -2.10. The molecule has 126 valence electrons. The Labute approximate surface area is 153 Å². The molecular weight excluding hydrogens is 320 g/mol. The number of furan rings is 2. The van der Waals surface area contributed by atoms with Gasteiger partial charge in [-0.2, -0.15) is 0 Å². The Kier molecular flexibility index (Phi) is 3.34. The van der Waals surface area contributed by atoms with Gasteiger partial charge in [-0.05, 0) is 60.8 Å². The lowest BCUT2D eigenvalue weighted by Gasteiger charge is -2.24. The minimum atomic E-state index is 0.767. The summed E-state index contributed by atoms with van der Waals surface area (Å²) in [4.78, 5) is 0. The van der Waals surface area contributed by atoms with E-state index in [-0.39, 0.29) is 0 Å². The van der Waals surface area contributed by atoms with Gasteiger partial charge in [-0.3, -0.25) is 0 Å². The average molecular weight is 338 g/mol. The van der Waals surface area contributed by atoms with Crippen LogP contribution in [0.2, 0.25) is 0 Å². The SMILES string of the molecule is CC#Cc1cc2c(o1)CCc1c-2ccc2c1CCc1oc(C#CC)cc1-2. The highest BCUT2D eigenvalue weighted by atomic mass is 16.3. The highest BCUT2D eigenvalue weighted by Gasteiger charge is 2.28. The topological polar surface area (TPSA) is 26.3 Å². The van der Waals surface area contributed by atoms with Crippen LogP contribution in [-0.4, -0.2) is 0 Å². The summed E-state index contributed by atoms with van der Waals surface area (Å²) in [6.45, 7) is 3.68. The van der Waals surface area contributed by atoms with Crippen LogP contribution in [0, 0.1) is 23.7 Å². The zero-order valence-corrected chi connectivity index (χ0v) is 15.0. The molecule has 0 unspecified atom stereocenters. The Balaban J connectivity index is 1.67. The van der Waals surface area contributed by atoms with Gasteiger partial charge in [0.1, 0.15) is 11.5 Å². The maximum atomic E-state index is 5.93. The van der Waals surface area contributed by atoms with Crippen molar-refractivity contribution in [1.29, 1.82) is 0 Å². The van der Waals surface area contributed by atoms with Gasteiger partial charge in [0.25, 0.3) is 0 Å². The molecule has 5 rings (SSSR count). The predicted octanol–water partition coefficient (Wildman–Crippen LogP) is 5.15. The van der Waals surface area contributed by atoms with E-state index in [2.05, 4.69) is 47.9 Å². The van der Waals surface area contributed by atoms with Crippen molar-refractivity contribution in [3.63, 3.8) is 0 Å². The predicted molar refractivity (Wildman–Crippen MR) is 102 cm³/mol. The first-order valence-electron chi connectivity index (χ1n) is 9.05. The van der Waals surface area contributed by atoms with Crippen LogP contribution in [0.4, 0.5) is 0 Å². The number of fused-ring (bicyclic) bond motifs is 7. The molecule has 26 heavy (non-hydrogen) atoms. The minimum absolute atomic E-state index is 0.767. The van der Waals surface area contributed by atoms with E-state index in [1.807, 2.05) is 13.8 Å². The average Bonchev–Trinajstić information content (AvgIpc) is 3.24. The van der Waals surface area contributed by atoms with Gasteiger partial charge < -0.3 is 8.83 Å². The van der Waals surface area contributed by atoms with Crippen LogP contribution in [0.15, 0.2) is 33.1 Å². The van der Waals surface area contributed by atoms with Crippen molar-refractivity contribution < 1.29 is 8.83 Å². The van der Waals surface area contributed by atoms with Gasteiger partial charge in [-0.15, -0.1) is 0 Å². The van der Waals surface area contributed by atoms with Gasteiger partial charge in [0.05, 0.1) is 0 Å². The van der Waals surface area contributed by atoms with Gasteiger partial charge >= 0.3 is 0 Å². The summed E-state index contributed by atoms with van der Waals surface area (Å²) in [5.41, 5.74) is 7.95. The smallest absolute Gasteiger partial charge is 0.177 e. The molecule has 0 aliphatic heterocycles. The van der Waals surface area contributed by atoms with E-state index in [4.69, 9.17) is 8.83 Å². The number of hydrogen-bond acceptors (Lipinski definition) is 2. The Hall–Kier alpha value is -3.10. The summed E-state index contributed by atoms with van der Waals surface area (Å²) < 4.78 is 11.9. The molecule has 1 aromatic carbocycles. The molecule has 0 spiro atoms. The molecule has 2 aliphatic carbocycles. The van der Waals surface area contributed by atoms with Crippen molar-refractivity contribution in [2.75, 3.05) is 0 Å². The molecule has 2 heteroatoms. The zero-order chi connectivity index (χ0) is 17.7. The number of benzene rings is 1. The summed E-state index contributed by atoms with van der Waals surface area (Å²) in [6, 6.07) is 8.66. The van der Waals surface area contributed by atoms with Gasteiger partial charge in [0.2, 0.25) is 0 Å². The molecule has 2 heterocycles. The van der Waals surface area contributed by atoms with E-state index in [1.165, 1.54) is 33.4 Å². The third-order valence-corrected chi connectivity index (χ3v) is 5.33. The van der Waals surface area contributed by atoms with Crippen LogP contribution < -0.4 is 0 Å². The lowest BCUT2D eigenvalue weighted by atomic mass is 9.79. The monoisotopic (exact) mass is 338 g/mol. The standard InChI is InChI=1S/C24H18O2/c1-3-5-15-13-21-19-7-8-20-18(17(19)9-11-23(21)25-15)10-12-24-22(20)14-16(26-24)6-4-2/h7-8,13-14H,9-12H2,1-2H3. The van der Waals surface area contributed by atoms with Gasteiger partial charge in [0.15, 0.2) is 11.5 Å². The van der Waals surface area contributed by atoms with E-state index in [0.717, 1.165) is 48.7 Å². The first kappa shape index (κ1) is 15.2. The van der Waals surface area contributed by atoms with Crippen molar-refractivity contribution in [3.8, 4) is 45.9 Å². The Morgan fingerprint density at radius 1 is 0.654 bits per heavy atom. The van der Waals surface area contributed by atoms with Crippen LogP contribution in [0.5, 0.6) is 0 Å². The van der Waals surface area contributed by atoms with Gasteiger partial charge in [-0.1, -0.05) is 24.0 Å². The third-order valence-electron chi connectivity index (χ3n) is 5.33. The molecule has 0 amide bonds. The molecule has 0 saturated heterocycles. The van der Waals surface area contributed by atoms with Crippen LogP contribution in [0.1, 0.15) is 48.0 Å². The van der Waals surface area contributed by atoms with Crippen molar-refractivity contribution in [3.05, 3.63) is 58.4 Å². The molecule has 2 aliphatic rings. The fourth-order valence-electron chi connectivity index (χ4n) is 4.30. The van der Waals surface area contributed by atoms with E-state index in [9.17, 15) is 0 Å². The normalized spacial score (nSPS) is 13.3. The zero-order valence-electron chi connectivity index (χ0n) is 15.0. The Morgan fingerprint density at radius 2 is 1.12 bits per heavy atom. The molecule has 0 atom stereocenters. The van der Waals surface area contributed by atoms with Crippen molar-refractivity contribution in [2.24, 2.45) is 0 Å². The maximum absolute atomic E-state index is 5.93. The second-order valence-electron chi connectivity index (χ2n) is 6.76. The fourth-order valence-corrected chi connectivity index (χ4v) is 4.30. The van der Waals surface area contributed by atoms with Crippen LogP contribution in [0.3, 0.4) is 0 Å². The molecule has 0 N–H and O–H groups in total. The van der Waals surface area contributed by atoms with Crippen LogP contribution >= 0.6 is 0 Å². The quantitative estimate of drug-likeness (QED) is 0.530. The summed E-state index contributed by atoms with van der Waals surface area (Å²) in [5, 5.41) is 0. The largest absolute Gasteiger partial charge is 0.452 e. The molecular formula is C24H18O2. The Morgan fingerprint density at radius 3 is 1.54 bits per heavy atom. The van der Waals surface area contributed by atoms with Crippen molar-refractivity contribution in [1.82, 2.24) is 0 Å². The summed E-state index contributed by atoms with van der Waals surface area (Å²) in [6.07, 6.45) is 3.92.